The SMILES string of the molecule is CSc1cccc(NC(=O)Nc2cnn(CC(O)CN(C)C)c2)c1. The number of anilines is 2. The second-order valence-electron chi connectivity index (χ2n) is 5.68. The summed E-state index contributed by atoms with van der Waals surface area (Å²) in [5.74, 6) is 0. The second-order valence-corrected chi connectivity index (χ2v) is 6.56. The van der Waals surface area contributed by atoms with Crippen LogP contribution in [0.4, 0.5) is 16.2 Å². The summed E-state index contributed by atoms with van der Waals surface area (Å²) in [6.45, 7) is 0.923. The molecule has 2 amide bonds. The third-order valence-electron chi connectivity index (χ3n) is 3.19. The average molecular weight is 349 g/mol. The molecule has 1 aromatic carbocycles. The molecule has 3 N–H and O–H groups in total. The number of nitrogens with one attached hydrogen (secondary N) is 2. The van der Waals surface area contributed by atoms with Gasteiger partial charge in [-0.1, -0.05) is 6.07 Å². The molecule has 0 aliphatic rings. The van der Waals surface area contributed by atoms with E-state index >= 15 is 0 Å². The quantitative estimate of drug-likeness (QED) is 0.668. The van der Waals surface area contributed by atoms with Crippen molar-refractivity contribution in [3.8, 4) is 0 Å². The zero-order valence-electron chi connectivity index (χ0n) is 14.1. The van der Waals surface area contributed by atoms with Gasteiger partial charge in [0.05, 0.1) is 24.5 Å². The summed E-state index contributed by atoms with van der Waals surface area (Å²) >= 11 is 1.61. The van der Waals surface area contributed by atoms with Crippen LogP contribution in [0.3, 0.4) is 0 Å². The molecule has 0 aliphatic heterocycles. The number of hydrogen-bond donors (Lipinski definition) is 3. The lowest BCUT2D eigenvalue weighted by atomic mass is 10.3. The number of aliphatic hydroxyl groups excluding tert-OH is 1. The number of nitrogens with zero attached hydrogens (tertiary/aromatic N) is 3. The monoisotopic (exact) mass is 349 g/mol. The van der Waals surface area contributed by atoms with Crippen LogP contribution in [0.5, 0.6) is 0 Å². The van der Waals surface area contributed by atoms with Crippen LogP contribution in [0.1, 0.15) is 0 Å². The highest BCUT2D eigenvalue weighted by atomic mass is 32.2. The zero-order chi connectivity index (χ0) is 17.5. The largest absolute Gasteiger partial charge is 0.390 e. The van der Waals surface area contributed by atoms with Gasteiger partial charge in [0.25, 0.3) is 0 Å². The van der Waals surface area contributed by atoms with Crippen LogP contribution in [-0.2, 0) is 6.54 Å². The van der Waals surface area contributed by atoms with Crippen molar-refractivity contribution in [1.82, 2.24) is 14.7 Å². The third-order valence-corrected chi connectivity index (χ3v) is 3.92. The highest BCUT2D eigenvalue weighted by Gasteiger charge is 2.09. The second kappa shape index (κ2) is 8.72. The lowest BCUT2D eigenvalue weighted by molar-refractivity contribution is 0.116. The molecule has 130 valence electrons. The van der Waals surface area contributed by atoms with Crippen molar-refractivity contribution in [2.75, 3.05) is 37.5 Å². The van der Waals surface area contributed by atoms with Crippen LogP contribution in [0.15, 0.2) is 41.6 Å². The molecule has 1 heterocycles. The number of carbonyl (C=O) groups excluding carboxylic acids is 1. The summed E-state index contributed by atoms with van der Waals surface area (Å²) in [5, 5.41) is 19.6. The van der Waals surface area contributed by atoms with Gasteiger partial charge in [0.15, 0.2) is 0 Å². The fraction of sp³-hybridized carbons (Fsp3) is 0.375. The van der Waals surface area contributed by atoms with Gasteiger partial charge < -0.3 is 20.6 Å². The minimum absolute atomic E-state index is 0.332. The Labute approximate surface area is 146 Å². The smallest absolute Gasteiger partial charge is 0.323 e. The fourth-order valence-electron chi connectivity index (χ4n) is 2.22. The third kappa shape index (κ3) is 5.88. The highest BCUT2D eigenvalue weighted by Crippen LogP contribution is 2.19. The number of aromatic nitrogens is 2. The first-order valence-electron chi connectivity index (χ1n) is 7.53. The normalized spacial score (nSPS) is 12.2. The Morgan fingerprint density at radius 1 is 1.38 bits per heavy atom. The molecule has 1 aromatic heterocycles. The summed E-state index contributed by atoms with van der Waals surface area (Å²) in [4.78, 5) is 15.0. The van der Waals surface area contributed by atoms with E-state index in [9.17, 15) is 9.90 Å². The van der Waals surface area contributed by atoms with Gasteiger partial charge in [0.1, 0.15) is 0 Å². The zero-order valence-corrected chi connectivity index (χ0v) is 14.9. The molecular formula is C16H23N5O2S. The molecule has 8 heteroatoms. The van der Waals surface area contributed by atoms with E-state index in [4.69, 9.17) is 0 Å². The predicted octanol–water partition coefficient (Wildman–Crippen LogP) is 2.17. The van der Waals surface area contributed by atoms with Crippen LogP contribution in [0, 0.1) is 0 Å². The Hall–Kier alpha value is -2.03. The standard InChI is InChI=1S/C16H23N5O2S/c1-20(2)10-14(22)11-21-9-13(8-17-21)19-16(23)18-12-5-4-6-15(7-12)24-3/h4-9,14,22H,10-11H2,1-3H3,(H2,18,19,23). The molecule has 7 nitrogen and oxygen atoms in total. The van der Waals surface area contributed by atoms with E-state index < -0.39 is 6.10 Å². The number of hydrogen-bond acceptors (Lipinski definition) is 5. The summed E-state index contributed by atoms with van der Waals surface area (Å²) in [7, 11) is 3.80. The highest BCUT2D eigenvalue weighted by molar-refractivity contribution is 7.98. The number of urea groups is 1. The van der Waals surface area contributed by atoms with Crippen LogP contribution in [0.25, 0.3) is 0 Å². The van der Waals surface area contributed by atoms with Crippen LogP contribution < -0.4 is 10.6 Å². The summed E-state index contributed by atoms with van der Waals surface area (Å²) in [6.07, 6.45) is 4.71. The maximum atomic E-state index is 12.0. The van der Waals surface area contributed by atoms with E-state index in [0.717, 1.165) is 10.6 Å². The number of rotatable bonds is 7. The summed E-state index contributed by atoms with van der Waals surface area (Å²) in [6, 6.07) is 7.29. The van der Waals surface area contributed by atoms with Gasteiger partial charge >= 0.3 is 6.03 Å². The van der Waals surface area contributed by atoms with Crippen molar-refractivity contribution >= 4 is 29.2 Å². The van der Waals surface area contributed by atoms with Crippen molar-refractivity contribution < 1.29 is 9.90 Å². The molecule has 0 fully saturated rings. The molecule has 0 saturated carbocycles. The lowest BCUT2D eigenvalue weighted by Crippen LogP contribution is -2.29. The average Bonchev–Trinajstić information content (AvgIpc) is 2.93. The molecule has 0 aliphatic carbocycles. The van der Waals surface area contributed by atoms with Crippen molar-refractivity contribution in [1.29, 1.82) is 0 Å². The molecule has 24 heavy (non-hydrogen) atoms. The molecule has 0 spiro atoms. The van der Waals surface area contributed by atoms with Crippen LogP contribution in [0.2, 0.25) is 0 Å². The van der Waals surface area contributed by atoms with Gasteiger partial charge in [0.2, 0.25) is 0 Å². The van der Waals surface area contributed by atoms with Gasteiger partial charge in [-0.3, -0.25) is 4.68 Å². The maximum Gasteiger partial charge on any atom is 0.323 e. The Balaban J connectivity index is 1.88. The maximum absolute atomic E-state index is 12.0. The molecule has 2 aromatic rings. The number of benzene rings is 1. The number of carbonyl (C=O) groups is 1. The lowest BCUT2D eigenvalue weighted by Gasteiger charge is -2.15. The Morgan fingerprint density at radius 3 is 2.83 bits per heavy atom. The Kier molecular flexibility index (Phi) is 6.65. The summed E-state index contributed by atoms with van der Waals surface area (Å²) < 4.78 is 1.61. The van der Waals surface area contributed by atoms with E-state index in [1.54, 1.807) is 28.8 Å². The first kappa shape index (κ1) is 18.3. The minimum atomic E-state index is -0.518. The molecule has 1 atom stereocenters. The molecular weight excluding hydrogens is 326 g/mol. The fourth-order valence-corrected chi connectivity index (χ4v) is 2.68. The van der Waals surface area contributed by atoms with Crippen LogP contribution >= 0.6 is 11.8 Å². The number of amides is 2. The van der Waals surface area contributed by atoms with E-state index in [2.05, 4.69) is 15.7 Å². The first-order chi connectivity index (χ1) is 11.5. The van der Waals surface area contributed by atoms with E-state index in [-0.39, 0.29) is 6.03 Å². The first-order valence-corrected chi connectivity index (χ1v) is 8.76. The number of likely N-dealkylation sites (N-methyl/N-ethyl adjacent to an activating group) is 1. The predicted molar refractivity (Wildman–Crippen MR) is 97.7 cm³/mol. The van der Waals surface area contributed by atoms with Crippen molar-refractivity contribution in [3.63, 3.8) is 0 Å². The van der Waals surface area contributed by atoms with Crippen molar-refractivity contribution in [2.45, 2.75) is 17.5 Å². The van der Waals surface area contributed by atoms with E-state index in [1.807, 2.05) is 49.5 Å². The molecule has 0 radical (unpaired) electrons. The van der Waals surface area contributed by atoms with Gasteiger partial charge in [-0.25, -0.2) is 4.79 Å². The molecule has 0 saturated heterocycles. The van der Waals surface area contributed by atoms with Crippen molar-refractivity contribution in [3.05, 3.63) is 36.7 Å². The van der Waals surface area contributed by atoms with Gasteiger partial charge in [0, 0.05) is 23.3 Å². The minimum Gasteiger partial charge on any atom is -0.390 e. The Morgan fingerprint density at radius 2 is 2.12 bits per heavy atom. The number of thioether (sulfide) groups is 1. The van der Waals surface area contributed by atoms with E-state index in [0.29, 0.717) is 18.8 Å². The van der Waals surface area contributed by atoms with E-state index in [1.165, 1.54) is 0 Å². The molecule has 1 unspecified atom stereocenters. The number of aliphatic hydroxyl groups is 1. The Bertz CT molecular complexity index is 674. The molecule has 0 bridgehead atoms. The van der Waals surface area contributed by atoms with Crippen molar-refractivity contribution in [2.24, 2.45) is 0 Å². The van der Waals surface area contributed by atoms with Crippen LogP contribution in [-0.4, -0.2) is 58.8 Å². The topological polar surface area (TPSA) is 82.4 Å². The molecule has 2 rings (SSSR count). The van der Waals surface area contributed by atoms with Gasteiger partial charge in [-0.05, 0) is 38.6 Å². The van der Waals surface area contributed by atoms with Gasteiger partial charge in [-0.2, -0.15) is 5.10 Å². The summed E-state index contributed by atoms with van der Waals surface area (Å²) in [5.41, 5.74) is 1.30. The van der Waals surface area contributed by atoms with Gasteiger partial charge in [-0.15, -0.1) is 11.8 Å².